The monoisotopic (exact) mass is 585 g/mol. The molecule has 168 valence electrons. The van der Waals surface area contributed by atoms with Crippen LogP contribution >= 0.6 is 31.9 Å². The van der Waals surface area contributed by atoms with Crippen LogP contribution in [-0.4, -0.2) is 23.1 Å². The maximum Gasteiger partial charge on any atom is 0.196 e. The van der Waals surface area contributed by atoms with Crippen molar-refractivity contribution >= 4 is 66.4 Å². The minimum atomic E-state index is -0.294. The predicted molar refractivity (Wildman–Crippen MR) is 138 cm³/mol. The number of carbonyl (C=O) groups is 4. The third-order valence-corrected chi connectivity index (χ3v) is 7.64. The summed E-state index contributed by atoms with van der Waals surface area (Å²) < 4.78 is 1.01. The van der Waals surface area contributed by atoms with E-state index in [0.29, 0.717) is 42.6 Å². The van der Waals surface area contributed by atoms with Crippen LogP contribution < -0.4 is 5.32 Å². The molecule has 4 aromatic carbocycles. The van der Waals surface area contributed by atoms with Crippen molar-refractivity contribution in [1.29, 1.82) is 0 Å². The fourth-order valence-electron chi connectivity index (χ4n) is 4.72. The van der Waals surface area contributed by atoms with Crippen LogP contribution in [-0.2, 0) is 0 Å². The lowest BCUT2D eigenvalue weighted by atomic mass is 9.82. The van der Waals surface area contributed by atoms with E-state index in [0.717, 1.165) is 0 Å². The van der Waals surface area contributed by atoms with Crippen molar-refractivity contribution in [3.8, 4) is 0 Å². The molecule has 2 aliphatic carbocycles. The zero-order chi connectivity index (χ0) is 24.4. The smallest absolute Gasteiger partial charge is 0.196 e. The third-order valence-electron chi connectivity index (χ3n) is 6.32. The molecule has 4 aromatic rings. The highest BCUT2D eigenvalue weighted by Crippen LogP contribution is 2.41. The summed E-state index contributed by atoms with van der Waals surface area (Å²) >= 11 is 6.84. The van der Waals surface area contributed by atoms with E-state index in [-0.39, 0.29) is 45.4 Å². The van der Waals surface area contributed by atoms with Gasteiger partial charge in [-0.3, -0.25) is 19.2 Å². The van der Waals surface area contributed by atoms with Crippen molar-refractivity contribution in [2.24, 2.45) is 0 Å². The molecule has 0 heterocycles. The van der Waals surface area contributed by atoms with Gasteiger partial charge in [-0.25, -0.2) is 0 Å². The number of nitrogens with one attached hydrogen (secondary N) is 1. The summed E-state index contributed by atoms with van der Waals surface area (Å²) in [5.41, 5.74) is 3.05. The van der Waals surface area contributed by atoms with E-state index in [4.69, 9.17) is 0 Å². The fraction of sp³-hybridized carbons (Fsp3) is 0. The molecule has 0 saturated heterocycles. The van der Waals surface area contributed by atoms with Crippen LogP contribution in [0.4, 0.5) is 11.4 Å². The van der Waals surface area contributed by atoms with Crippen LogP contribution in [0.2, 0.25) is 0 Å². The zero-order valence-electron chi connectivity index (χ0n) is 17.8. The highest BCUT2D eigenvalue weighted by Gasteiger charge is 2.36. The summed E-state index contributed by atoms with van der Waals surface area (Å²) in [4.78, 5) is 53.5. The molecule has 0 bridgehead atoms. The van der Waals surface area contributed by atoms with Gasteiger partial charge >= 0.3 is 0 Å². The van der Waals surface area contributed by atoms with E-state index in [2.05, 4.69) is 37.2 Å². The molecule has 0 amide bonds. The van der Waals surface area contributed by atoms with Crippen LogP contribution in [0, 0.1) is 0 Å². The van der Waals surface area contributed by atoms with Gasteiger partial charge in [0.1, 0.15) is 0 Å². The lowest BCUT2D eigenvalue weighted by Crippen LogP contribution is -2.24. The fourth-order valence-corrected chi connectivity index (χ4v) is 5.74. The van der Waals surface area contributed by atoms with E-state index >= 15 is 0 Å². The lowest BCUT2D eigenvalue weighted by Gasteiger charge is -2.24. The quantitative estimate of drug-likeness (QED) is 0.250. The molecule has 0 unspecified atom stereocenters. The highest BCUT2D eigenvalue weighted by molar-refractivity contribution is 9.10. The van der Waals surface area contributed by atoms with Gasteiger partial charge in [0.15, 0.2) is 23.1 Å². The molecule has 6 rings (SSSR count). The summed E-state index contributed by atoms with van der Waals surface area (Å²) in [5, 5.41) is 3.19. The topological polar surface area (TPSA) is 80.3 Å². The Morgan fingerprint density at radius 3 is 1.09 bits per heavy atom. The molecular formula is C28H13Br2NO4. The zero-order valence-corrected chi connectivity index (χ0v) is 21.0. The average molecular weight is 587 g/mol. The van der Waals surface area contributed by atoms with Gasteiger partial charge in [-0.2, -0.15) is 0 Å². The van der Waals surface area contributed by atoms with E-state index in [1.54, 1.807) is 72.8 Å². The van der Waals surface area contributed by atoms with Crippen molar-refractivity contribution in [3.63, 3.8) is 0 Å². The first kappa shape index (κ1) is 21.8. The third kappa shape index (κ3) is 3.12. The Kier molecular flexibility index (Phi) is 4.95. The van der Waals surface area contributed by atoms with Gasteiger partial charge in [-0.05, 0) is 24.3 Å². The Bertz CT molecular complexity index is 1550. The Morgan fingerprint density at radius 2 is 0.743 bits per heavy atom. The first-order chi connectivity index (χ1) is 16.9. The van der Waals surface area contributed by atoms with Crippen molar-refractivity contribution in [3.05, 3.63) is 126 Å². The summed E-state index contributed by atoms with van der Waals surface area (Å²) in [6.07, 6.45) is 0. The summed E-state index contributed by atoms with van der Waals surface area (Å²) in [7, 11) is 0. The standard InChI is InChI=1S/C28H13Br2NO4/c29-17-9-11-19(23-21(17)25(32)13-5-1-3-7-15(13)27(23)34)31-20-12-10-18(30)22-24(20)28(35)16-8-4-2-6-14(16)26(22)33/h1-12,31H. The number of anilines is 2. The molecule has 7 heteroatoms. The molecule has 5 nitrogen and oxygen atoms in total. The van der Waals surface area contributed by atoms with E-state index in [9.17, 15) is 19.2 Å². The predicted octanol–water partition coefficient (Wildman–Crippen LogP) is 6.51. The Morgan fingerprint density at radius 1 is 0.429 bits per heavy atom. The summed E-state index contributed by atoms with van der Waals surface area (Å²) in [6, 6.07) is 20.1. The first-order valence-corrected chi connectivity index (χ1v) is 12.3. The van der Waals surface area contributed by atoms with Gasteiger partial charge in [0.2, 0.25) is 0 Å². The second kappa shape index (κ2) is 7.93. The minimum Gasteiger partial charge on any atom is -0.354 e. The van der Waals surface area contributed by atoms with Gasteiger partial charge in [-0.15, -0.1) is 0 Å². The van der Waals surface area contributed by atoms with Crippen molar-refractivity contribution in [1.82, 2.24) is 0 Å². The van der Waals surface area contributed by atoms with E-state index < -0.39 is 0 Å². The van der Waals surface area contributed by atoms with Crippen LogP contribution in [0.1, 0.15) is 63.7 Å². The van der Waals surface area contributed by atoms with Crippen molar-refractivity contribution in [2.45, 2.75) is 0 Å². The molecule has 0 spiro atoms. The van der Waals surface area contributed by atoms with E-state index in [1.165, 1.54) is 0 Å². The number of rotatable bonds is 2. The van der Waals surface area contributed by atoms with Crippen LogP contribution in [0.3, 0.4) is 0 Å². The molecule has 35 heavy (non-hydrogen) atoms. The van der Waals surface area contributed by atoms with Gasteiger partial charge in [-0.1, -0.05) is 80.4 Å². The number of hydrogen-bond acceptors (Lipinski definition) is 5. The van der Waals surface area contributed by atoms with Crippen molar-refractivity contribution in [2.75, 3.05) is 5.32 Å². The van der Waals surface area contributed by atoms with E-state index in [1.807, 2.05) is 0 Å². The lowest BCUT2D eigenvalue weighted by molar-refractivity contribution is 0.0978. The Labute approximate surface area is 216 Å². The average Bonchev–Trinajstić information content (AvgIpc) is 2.87. The molecule has 0 aromatic heterocycles. The minimum absolute atomic E-state index is 0.217. The maximum absolute atomic E-state index is 13.5. The Hall–Kier alpha value is -3.68. The van der Waals surface area contributed by atoms with Gasteiger partial charge in [0.25, 0.3) is 0 Å². The normalized spacial score (nSPS) is 13.7. The molecule has 1 N–H and O–H groups in total. The Balaban J connectivity index is 1.54. The molecule has 0 aliphatic heterocycles. The van der Waals surface area contributed by atoms with Crippen LogP contribution in [0.15, 0.2) is 81.7 Å². The SMILES string of the molecule is O=C1c2ccccc2C(=O)c2c(Nc3ccc(Br)c4c3C(=O)c3ccccc3C4=O)ccc(Br)c21. The second-order valence-corrected chi connectivity index (χ2v) is 9.93. The maximum atomic E-state index is 13.5. The first-order valence-electron chi connectivity index (χ1n) is 10.7. The van der Waals surface area contributed by atoms with Crippen molar-refractivity contribution < 1.29 is 19.2 Å². The van der Waals surface area contributed by atoms with Gasteiger partial charge in [0, 0.05) is 31.2 Å². The number of ketones is 4. The molecular weight excluding hydrogens is 574 g/mol. The number of fused-ring (bicyclic) bond motifs is 4. The molecule has 0 fully saturated rings. The second-order valence-electron chi connectivity index (χ2n) is 8.22. The molecule has 0 saturated carbocycles. The number of benzene rings is 4. The van der Waals surface area contributed by atoms with Gasteiger partial charge in [0.05, 0.1) is 33.6 Å². The van der Waals surface area contributed by atoms with Crippen LogP contribution in [0.25, 0.3) is 0 Å². The molecule has 0 atom stereocenters. The summed E-state index contributed by atoms with van der Waals surface area (Å²) in [6.45, 7) is 0. The number of carbonyl (C=O) groups excluding carboxylic acids is 4. The molecule has 0 radical (unpaired) electrons. The molecule has 2 aliphatic rings. The highest BCUT2D eigenvalue weighted by atomic mass is 79.9. The van der Waals surface area contributed by atoms with Crippen LogP contribution in [0.5, 0.6) is 0 Å². The van der Waals surface area contributed by atoms with Gasteiger partial charge < -0.3 is 5.32 Å². The largest absolute Gasteiger partial charge is 0.354 e. The summed E-state index contributed by atoms with van der Waals surface area (Å²) in [5.74, 6) is -1.11. The number of hydrogen-bond donors (Lipinski definition) is 1. The number of halogens is 2.